The molecule has 0 aliphatic carbocycles. The molecule has 0 radical (unpaired) electrons. The molecule has 0 spiro atoms. The summed E-state index contributed by atoms with van der Waals surface area (Å²) < 4.78 is 0.990. The van der Waals surface area contributed by atoms with Gasteiger partial charge in [-0.05, 0) is 57.1 Å². The summed E-state index contributed by atoms with van der Waals surface area (Å²) in [5, 5.41) is 3.00. The lowest BCUT2D eigenvalue weighted by atomic mass is 10.2. The Bertz CT molecular complexity index is 399. The SMILES string of the molecule is C[C@@H](CNC(=O)c1ccc(Br)cc1)N1CCCC1. The molecule has 18 heavy (non-hydrogen) atoms. The standard InChI is InChI=1S/C14H19BrN2O/c1-11(17-8-2-3-9-17)10-16-14(18)12-4-6-13(15)7-5-12/h4-7,11H,2-3,8-10H2,1H3,(H,16,18)/t11-/m0/s1. The zero-order chi connectivity index (χ0) is 13.0. The van der Waals surface area contributed by atoms with Crippen LogP contribution >= 0.6 is 15.9 Å². The highest BCUT2D eigenvalue weighted by Crippen LogP contribution is 2.12. The van der Waals surface area contributed by atoms with E-state index in [-0.39, 0.29) is 5.91 Å². The highest BCUT2D eigenvalue weighted by atomic mass is 79.9. The van der Waals surface area contributed by atoms with Crippen molar-refractivity contribution in [1.82, 2.24) is 10.2 Å². The number of nitrogens with one attached hydrogen (secondary N) is 1. The summed E-state index contributed by atoms with van der Waals surface area (Å²) in [4.78, 5) is 14.4. The molecule has 0 aromatic heterocycles. The van der Waals surface area contributed by atoms with Gasteiger partial charge in [-0.1, -0.05) is 15.9 Å². The Morgan fingerprint density at radius 1 is 1.33 bits per heavy atom. The summed E-state index contributed by atoms with van der Waals surface area (Å²) in [6.45, 7) is 5.22. The van der Waals surface area contributed by atoms with E-state index < -0.39 is 0 Å². The molecular formula is C14H19BrN2O. The second kappa shape index (κ2) is 6.34. The van der Waals surface area contributed by atoms with Crippen LogP contribution < -0.4 is 5.32 Å². The number of halogens is 1. The van der Waals surface area contributed by atoms with E-state index >= 15 is 0 Å². The molecule has 0 saturated carbocycles. The smallest absolute Gasteiger partial charge is 0.251 e. The molecule has 1 heterocycles. The molecule has 1 aromatic carbocycles. The van der Waals surface area contributed by atoms with Crippen LogP contribution in [0, 0.1) is 0 Å². The van der Waals surface area contributed by atoms with E-state index in [1.54, 1.807) is 0 Å². The van der Waals surface area contributed by atoms with E-state index in [2.05, 4.69) is 33.1 Å². The molecule has 1 aromatic rings. The van der Waals surface area contributed by atoms with Gasteiger partial charge in [-0.25, -0.2) is 0 Å². The zero-order valence-corrected chi connectivity index (χ0v) is 12.2. The Morgan fingerprint density at radius 3 is 2.56 bits per heavy atom. The second-order valence-corrected chi connectivity index (χ2v) is 5.72. The van der Waals surface area contributed by atoms with Crippen molar-refractivity contribution in [2.75, 3.05) is 19.6 Å². The summed E-state index contributed by atoms with van der Waals surface area (Å²) in [7, 11) is 0. The third-order valence-electron chi connectivity index (χ3n) is 3.43. The van der Waals surface area contributed by atoms with E-state index in [0.29, 0.717) is 11.6 Å². The van der Waals surface area contributed by atoms with Crippen LogP contribution in [0.25, 0.3) is 0 Å². The minimum absolute atomic E-state index is 0.00791. The summed E-state index contributed by atoms with van der Waals surface area (Å²) in [6, 6.07) is 7.87. The number of benzene rings is 1. The van der Waals surface area contributed by atoms with Gasteiger partial charge in [0.25, 0.3) is 5.91 Å². The van der Waals surface area contributed by atoms with E-state index in [0.717, 1.165) is 24.1 Å². The van der Waals surface area contributed by atoms with Crippen LogP contribution in [-0.4, -0.2) is 36.5 Å². The van der Waals surface area contributed by atoms with Crippen LogP contribution in [0.4, 0.5) is 0 Å². The number of likely N-dealkylation sites (tertiary alicyclic amines) is 1. The molecule has 1 N–H and O–H groups in total. The average Bonchev–Trinajstić information content (AvgIpc) is 2.90. The minimum Gasteiger partial charge on any atom is -0.350 e. The van der Waals surface area contributed by atoms with Crippen molar-refractivity contribution in [2.24, 2.45) is 0 Å². The van der Waals surface area contributed by atoms with Crippen LogP contribution in [0.5, 0.6) is 0 Å². The summed E-state index contributed by atoms with van der Waals surface area (Å²) in [6.07, 6.45) is 2.57. The van der Waals surface area contributed by atoms with Crippen LogP contribution in [-0.2, 0) is 0 Å². The third-order valence-corrected chi connectivity index (χ3v) is 3.96. The largest absolute Gasteiger partial charge is 0.350 e. The normalized spacial score (nSPS) is 17.7. The van der Waals surface area contributed by atoms with Crippen molar-refractivity contribution >= 4 is 21.8 Å². The van der Waals surface area contributed by atoms with Crippen LogP contribution in [0.15, 0.2) is 28.7 Å². The monoisotopic (exact) mass is 310 g/mol. The Balaban J connectivity index is 1.82. The van der Waals surface area contributed by atoms with Crippen molar-refractivity contribution in [3.8, 4) is 0 Å². The molecule has 98 valence electrons. The Hall–Kier alpha value is -0.870. The first-order chi connectivity index (χ1) is 8.66. The number of hydrogen-bond acceptors (Lipinski definition) is 2. The molecule has 0 bridgehead atoms. The Labute approximate surface area is 117 Å². The van der Waals surface area contributed by atoms with Gasteiger partial charge in [-0.15, -0.1) is 0 Å². The fourth-order valence-electron chi connectivity index (χ4n) is 2.26. The van der Waals surface area contributed by atoms with E-state index in [1.807, 2.05) is 24.3 Å². The molecular weight excluding hydrogens is 292 g/mol. The Kier molecular flexibility index (Phi) is 4.78. The van der Waals surface area contributed by atoms with Gasteiger partial charge in [-0.3, -0.25) is 9.69 Å². The number of nitrogens with zero attached hydrogens (tertiary/aromatic N) is 1. The third kappa shape index (κ3) is 3.56. The van der Waals surface area contributed by atoms with Crippen molar-refractivity contribution in [2.45, 2.75) is 25.8 Å². The molecule has 3 nitrogen and oxygen atoms in total. The fourth-order valence-corrected chi connectivity index (χ4v) is 2.52. The number of carbonyl (C=O) groups is 1. The maximum Gasteiger partial charge on any atom is 0.251 e. The number of rotatable bonds is 4. The van der Waals surface area contributed by atoms with Crippen LogP contribution in [0.3, 0.4) is 0 Å². The van der Waals surface area contributed by atoms with Crippen molar-refractivity contribution in [3.05, 3.63) is 34.3 Å². The van der Waals surface area contributed by atoms with Crippen LogP contribution in [0.2, 0.25) is 0 Å². The number of carbonyl (C=O) groups excluding carboxylic acids is 1. The maximum absolute atomic E-state index is 11.9. The minimum atomic E-state index is 0.00791. The predicted octanol–water partition coefficient (Wildman–Crippen LogP) is 2.66. The lowest BCUT2D eigenvalue weighted by molar-refractivity contribution is 0.0940. The first-order valence-electron chi connectivity index (χ1n) is 6.44. The molecule has 1 saturated heterocycles. The fraction of sp³-hybridized carbons (Fsp3) is 0.500. The predicted molar refractivity (Wildman–Crippen MR) is 76.7 cm³/mol. The highest BCUT2D eigenvalue weighted by molar-refractivity contribution is 9.10. The number of hydrogen-bond donors (Lipinski definition) is 1. The molecule has 1 atom stereocenters. The van der Waals surface area contributed by atoms with Gasteiger partial charge in [0.05, 0.1) is 0 Å². The van der Waals surface area contributed by atoms with Gasteiger partial charge in [0, 0.05) is 22.6 Å². The first-order valence-corrected chi connectivity index (χ1v) is 7.24. The van der Waals surface area contributed by atoms with Crippen molar-refractivity contribution in [3.63, 3.8) is 0 Å². The Morgan fingerprint density at radius 2 is 1.94 bits per heavy atom. The van der Waals surface area contributed by atoms with Gasteiger partial charge in [-0.2, -0.15) is 0 Å². The maximum atomic E-state index is 11.9. The van der Waals surface area contributed by atoms with E-state index in [4.69, 9.17) is 0 Å². The van der Waals surface area contributed by atoms with Gasteiger partial charge in [0.1, 0.15) is 0 Å². The topological polar surface area (TPSA) is 32.3 Å². The van der Waals surface area contributed by atoms with Gasteiger partial charge in [0.2, 0.25) is 0 Å². The first kappa shape index (κ1) is 13.6. The second-order valence-electron chi connectivity index (χ2n) is 4.81. The lowest BCUT2D eigenvalue weighted by Gasteiger charge is -2.23. The highest BCUT2D eigenvalue weighted by Gasteiger charge is 2.18. The molecule has 1 fully saturated rings. The lowest BCUT2D eigenvalue weighted by Crippen LogP contribution is -2.40. The molecule has 2 rings (SSSR count). The van der Waals surface area contributed by atoms with Gasteiger partial charge < -0.3 is 5.32 Å². The molecule has 1 aliphatic rings. The average molecular weight is 311 g/mol. The van der Waals surface area contributed by atoms with E-state index in [1.165, 1.54) is 12.8 Å². The van der Waals surface area contributed by atoms with Crippen molar-refractivity contribution < 1.29 is 4.79 Å². The number of amides is 1. The molecule has 1 amide bonds. The van der Waals surface area contributed by atoms with Gasteiger partial charge >= 0.3 is 0 Å². The van der Waals surface area contributed by atoms with Crippen molar-refractivity contribution in [1.29, 1.82) is 0 Å². The summed E-state index contributed by atoms with van der Waals surface area (Å²) in [5.74, 6) is 0.00791. The van der Waals surface area contributed by atoms with Crippen LogP contribution in [0.1, 0.15) is 30.1 Å². The van der Waals surface area contributed by atoms with E-state index in [9.17, 15) is 4.79 Å². The van der Waals surface area contributed by atoms with Gasteiger partial charge in [0.15, 0.2) is 0 Å². The molecule has 0 unspecified atom stereocenters. The summed E-state index contributed by atoms with van der Waals surface area (Å²) >= 11 is 3.36. The summed E-state index contributed by atoms with van der Waals surface area (Å²) in [5.41, 5.74) is 0.715. The quantitative estimate of drug-likeness (QED) is 0.927. The molecule has 1 aliphatic heterocycles. The zero-order valence-electron chi connectivity index (χ0n) is 10.7. The molecule has 4 heteroatoms.